The van der Waals surface area contributed by atoms with E-state index in [0.29, 0.717) is 62.2 Å². The standard InChI is InChI=1S/C18H24N6O4/c1-27-13-3-2-12(10-14(13)28-9-4-19)17(26)24-7-5-23(6-8-24)15-11-16(25)22-18(20)21-15/h2-3,10-11H,4-9,19H2,1H3,(H3,20,21,22,25). The minimum Gasteiger partial charge on any atom is -0.493 e. The van der Waals surface area contributed by atoms with Gasteiger partial charge in [0.15, 0.2) is 11.5 Å². The maximum absolute atomic E-state index is 12.9. The van der Waals surface area contributed by atoms with Crippen LogP contribution in [-0.2, 0) is 0 Å². The van der Waals surface area contributed by atoms with Crippen molar-refractivity contribution in [1.82, 2.24) is 14.9 Å². The maximum atomic E-state index is 12.9. The third-order valence-corrected chi connectivity index (χ3v) is 4.42. The number of nitrogens with one attached hydrogen (secondary N) is 1. The van der Waals surface area contributed by atoms with Crippen molar-refractivity contribution in [2.45, 2.75) is 0 Å². The molecule has 10 nitrogen and oxygen atoms in total. The third kappa shape index (κ3) is 4.34. The Morgan fingerprint density at radius 3 is 2.61 bits per heavy atom. The van der Waals surface area contributed by atoms with Gasteiger partial charge in [-0.05, 0) is 18.2 Å². The van der Waals surface area contributed by atoms with Crippen LogP contribution >= 0.6 is 0 Å². The van der Waals surface area contributed by atoms with Crippen LogP contribution in [0.1, 0.15) is 10.4 Å². The van der Waals surface area contributed by atoms with Crippen LogP contribution in [0.5, 0.6) is 11.5 Å². The summed E-state index contributed by atoms with van der Waals surface area (Å²) in [5.41, 5.74) is 11.3. The van der Waals surface area contributed by atoms with Crippen molar-refractivity contribution in [3.63, 3.8) is 0 Å². The zero-order chi connectivity index (χ0) is 20.1. The molecule has 3 rings (SSSR count). The van der Waals surface area contributed by atoms with Crippen LogP contribution in [-0.4, -0.2) is 67.2 Å². The fraction of sp³-hybridized carbons (Fsp3) is 0.389. The van der Waals surface area contributed by atoms with E-state index in [9.17, 15) is 9.59 Å². The van der Waals surface area contributed by atoms with Gasteiger partial charge in [0.25, 0.3) is 11.5 Å². The molecule has 0 bridgehead atoms. The van der Waals surface area contributed by atoms with Gasteiger partial charge in [0.2, 0.25) is 5.95 Å². The Labute approximate surface area is 162 Å². The molecule has 1 aromatic heterocycles. The van der Waals surface area contributed by atoms with Crippen molar-refractivity contribution in [2.75, 3.05) is 57.1 Å². The number of methoxy groups -OCH3 is 1. The van der Waals surface area contributed by atoms with E-state index in [1.54, 1.807) is 30.2 Å². The number of amides is 1. The number of carbonyl (C=O) groups is 1. The van der Waals surface area contributed by atoms with Gasteiger partial charge >= 0.3 is 0 Å². The van der Waals surface area contributed by atoms with Crippen molar-refractivity contribution in [2.24, 2.45) is 5.73 Å². The molecule has 0 spiro atoms. The molecular formula is C18H24N6O4. The van der Waals surface area contributed by atoms with Crippen molar-refractivity contribution < 1.29 is 14.3 Å². The molecule has 1 amide bonds. The van der Waals surface area contributed by atoms with Crippen molar-refractivity contribution in [3.8, 4) is 11.5 Å². The molecular weight excluding hydrogens is 364 g/mol. The second kappa shape index (κ2) is 8.61. The largest absolute Gasteiger partial charge is 0.493 e. The Kier molecular flexibility index (Phi) is 5.99. The molecule has 2 heterocycles. The van der Waals surface area contributed by atoms with Crippen LogP contribution in [0.4, 0.5) is 11.8 Å². The summed E-state index contributed by atoms with van der Waals surface area (Å²) in [7, 11) is 1.54. The van der Waals surface area contributed by atoms with E-state index < -0.39 is 0 Å². The summed E-state index contributed by atoms with van der Waals surface area (Å²) in [5, 5.41) is 0. The normalized spacial score (nSPS) is 14.1. The lowest BCUT2D eigenvalue weighted by molar-refractivity contribution is 0.0746. The molecule has 1 aliphatic heterocycles. The van der Waals surface area contributed by atoms with Crippen LogP contribution in [0.3, 0.4) is 0 Å². The predicted molar refractivity (Wildman–Crippen MR) is 105 cm³/mol. The first-order valence-corrected chi connectivity index (χ1v) is 8.94. The summed E-state index contributed by atoms with van der Waals surface area (Å²) in [6, 6.07) is 6.49. The first kappa shape index (κ1) is 19.5. The van der Waals surface area contributed by atoms with E-state index in [0.717, 1.165) is 0 Å². The summed E-state index contributed by atoms with van der Waals surface area (Å²) in [5.74, 6) is 1.52. The number of nitrogens with two attached hydrogens (primary N) is 2. The average molecular weight is 388 g/mol. The number of ether oxygens (including phenoxy) is 2. The molecule has 28 heavy (non-hydrogen) atoms. The van der Waals surface area contributed by atoms with Gasteiger partial charge in [0.1, 0.15) is 12.4 Å². The number of aromatic nitrogens is 2. The summed E-state index contributed by atoms with van der Waals surface area (Å²) >= 11 is 0. The molecule has 0 atom stereocenters. The highest BCUT2D eigenvalue weighted by Crippen LogP contribution is 2.28. The first-order valence-electron chi connectivity index (χ1n) is 8.94. The molecule has 1 saturated heterocycles. The Balaban J connectivity index is 1.68. The van der Waals surface area contributed by atoms with Crippen LogP contribution < -0.4 is 31.4 Å². The molecule has 2 aromatic rings. The van der Waals surface area contributed by atoms with Gasteiger partial charge in [-0.1, -0.05) is 0 Å². The first-order chi connectivity index (χ1) is 13.5. The Bertz CT molecular complexity index is 892. The van der Waals surface area contributed by atoms with E-state index >= 15 is 0 Å². The van der Waals surface area contributed by atoms with Gasteiger partial charge in [-0.15, -0.1) is 0 Å². The fourth-order valence-electron chi connectivity index (χ4n) is 3.04. The van der Waals surface area contributed by atoms with Crippen molar-refractivity contribution in [1.29, 1.82) is 0 Å². The van der Waals surface area contributed by atoms with Gasteiger partial charge in [-0.25, -0.2) is 0 Å². The highest BCUT2D eigenvalue weighted by atomic mass is 16.5. The van der Waals surface area contributed by atoms with Gasteiger partial charge in [-0.3, -0.25) is 14.6 Å². The lowest BCUT2D eigenvalue weighted by Gasteiger charge is -2.35. The lowest BCUT2D eigenvalue weighted by Crippen LogP contribution is -2.49. The SMILES string of the molecule is COc1ccc(C(=O)N2CCN(c3cc(=O)[nH]c(N)n3)CC2)cc1OCCN. The predicted octanol–water partition coefficient (Wildman–Crippen LogP) is -0.339. The Hall–Kier alpha value is -3.27. The number of hydrogen-bond acceptors (Lipinski definition) is 8. The smallest absolute Gasteiger partial charge is 0.254 e. The lowest BCUT2D eigenvalue weighted by atomic mass is 10.1. The minimum atomic E-state index is -0.302. The average Bonchev–Trinajstić information content (AvgIpc) is 2.71. The summed E-state index contributed by atoms with van der Waals surface area (Å²) in [4.78, 5) is 34.7. The summed E-state index contributed by atoms with van der Waals surface area (Å²) < 4.78 is 10.8. The quantitative estimate of drug-likeness (QED) is 0.611. The number of anilines is 2. The van der Waals surface area contributed by atoms with Crippen molar-refractivity contribution >= 4 is 17.7 Å². The number of carbonyl (C=O) groups excluding carboxylic acids is 1. The van der Waals surface area contributed by atoms with E-state index in [4.69, 9.17) is 20.9 Å². The van der Waals surface area contributed by atoms with Gasteiger partial charge < -0.3 is 30.7 Å². The number of hydrogen-bond donors (Lipinski definition) is 3. The molecule has 1 aliphatic rings. The Morgan fingerprint density at radius 1 is 1.21 bits per heavy atom. The molecule has 150 valence electrons. The number of H-pyrrole nitrogens is 1. The molecule has 0 saturated carbocycles. The highest BCUT2D eigenvalue weighted by Gasteiger charge is 2.24. The number of nitrogen functional groups attached to an aromatic ring is 1. The molecule has 1 fully saturated rings. The van der Waals surface area contributed by atoms with E-state index in [2.05, 4.69) is 9.97 Å². The van der Waals surface area contributed by atoms with Gasteiger partial charge in [0.05, 0.1) is 7.11 Å². The molecule has 0 aliphatic carbocycles. The van der Waals surface area contributed by atoms with Gasteiger partial charge in [-0.2, -0.15) is 4.98 Å². The maximum Gasteiger partial charge on any atom is 0.254 e. The van der Waals surface area contributed by atoms with Gasteiger partial charge in [0, 0.05) is 44.4 Å². The summed E-state index contributed by atoms with van der Waals surface area (Å²) in [6.07, 6.45) is 0. The number of benzene rings is 1. The molecule has 0 radical (unpaired) electrons. The molecule has 0 unspecified atom stereocenters. The fourth-order valence-corrected chi connectivity index (χ4v) is 3.04. The second-order valence-electron chi connectivity index (χ2n) is 6.27. The highest BCUT2D eigenvalue weighted by molar-refractivity contribution is 5.95. The van der Waals surface area contributed by atoms with Crippen LogP contribution in [0.2, 0.25) is 0 Å². The molecule has 10 heteroatoms. The number of nitrogens with zero attached hydrogens (tertiary/aromatic N) is 3. The number of rotatable bonds is 6. The molecule has 1 aromatic carbocycles. The van der Waals surface area contributed by atoms with Crippen LogP contribution in [0.15, 0.2) is 29.1 Å². The van der Waals surface area contributed by atoms with E-state index in [-0.39, 0.29) is 17.4 Å². The zero-order valence-electron chi connectivity index (χ0n) is 15.7. The second-order valence-corrected chi connectivity index (χ2v) is 6.27. The molecule has 5 N–H and O–H groups in total. The topological polar surface area (TPSA) is 140 Å². The monoisotopic (exact) mass is 388 g/mol. The Morgan fingerprint density at radius 2 is 1.96 bits per heavy atom. The van der Waals surface area contributed by atoms with Crippen LogP contribution in [0, 0.1) is 0 Å². The van der Waals surface area contributed by atoms with Crippen molar-refractivity contribution in [3.05, 3.63) is 40.2 Å². The summed E-state index contributed by atoms with van der Waals surface area (Å²) in [6.45, 7) is 2.79. The minimum absolute atomic E-state index is 0.0734. The number of piperazine rings is 1. The van der Waals surface area contributed by atoms with E-state index in [1.165, 1.54) is 6.07 Å². The van der Waals surface area contributed by atoms with Crippen LogP contribution in [0.25, 0.3) is 0 Å². The number of aromatic amines is 1. The zero-order valence-corrected chi connectivity index (χ0v) is 15.7. The van der Waals surface area contributed by atoms with E-state index in [1.807, 2.05) is 4.90 Å². The third-order valence-electron chi connectivity index (χ3n) is 4.42.